The number of carbonyl (C=O) groups is 1. The molecule has 3 rings (SSSR count). The molecule has 0 aliphatic carbocycles. The van der Waals surface area contributed by atoms with Crippen LogP contribution in [0.4, 0.5) is 0 Å². The van der Waals surface area contributed by atoms with Crippen LogP contribution in [0.3, 0.4) is 0 Å². The number of rotatable bonds is 5. The molecule has 6 heteroatoms. The Morgan fingerprint density at radius 1 is 1.12 bits per heavy atom. The second kappa shape index (κ2) is 7.27. The molecule has 1 heterocycles. The molecule has 2 aromatic carbocycles. The molecule has 1 saturated heterocycles. The molecule has 0 radical (unpaired) electrons. The maximum atomic E-state index is 12.7. The number of likely N-dealkylation sites (tertiary alicyclic amines) is 1. The lowest BCUT2D eigenvalue weighted by Gasteiger charge is -2.17. The highest BCUT2D eigenvalue weighted by Gasteiger charge is 2.35. The lowest BCUT2D eigenvalue weighted by Crippen LogP contribution is -2.32. The van der Waals surface area contributed by atoms with Gasteiger partial charge in [-0.05, 0) is 36.2 Å². The first-order valence-corrected chi connectivity index (χ1v) is 9.75. The summed E-state index contributed by atoms with van der Waals surface area (Å²) >= 11 is 0. The molecule has 0 bridgehead atoms. The van der Waals surface area contributed by atoms with Crippen molar-refractivity contribution in [3.63, 3.8) is 0 Å². The van der Waals surface area contributed by atoms with E-state index in [1.165, 1.54) is 0 Å². The Labute approximate surface area is 148 Å². The first kappa shape index (κ1) is 17.5. The number of sulfone groups is 1. The van der Waals surface area contributed by atoms with E-state index in [-0.39, 0.29) is 18.9 Å². The molecule has 132 valence electrons. The SMILES string of the molecule is COc1ccc(CC(=O)N2CCC(S(=O)(=O)c3ccccc3)C2)cc1. The van der Waals surface area contributed by atoms with E-state index in [0.29, 0.717) is 17.9 Å². The molecule has 0 spiro atoms. The van der Waals surface area contributed by atoms with Crippen molar-refractivity contribution in [2.45, 2.75) is 23.0 Å². The number of carbonyl (C=O) groups excluding carboxylic acids is 1. The maximum absolute atomic E-state index is 12.7. The molecule has 1 fully saturated rings. The van der Waals surface area contributed by atoms with Gasteiger partial charge in [0.15, 0.2) is 9.84 Å². The van der Waals surface area contributed by atoms with Crippen LogP contribution in [-0.2, 0) is 21.1 Å². The fourth-order valence-electron chi connectivity index (χ4n) is 3.04. The topological polar surface area (TPSA) is 63.7 Å². The van der Waals surface area contributed by atoms with Crippen LogP contribution in [-0.4, -0.2) is 44.7 Å². The van der Waals surface area contributed by atoms with Crippen LogP contribution < -0.4 is 4.74 Å². The number of methoxy groups -OCH3 is 1. The molecule has 5 nitrogen and oxygen atoms in total. The Balaban J connectivity index is 1.65. The summed E-state index contributed by atoms with van der Waals surface area (Å²) in [6.45, 7) is 0.734. The summed E-state index contributed by atoms with van der Waals surface area (Å²) in [5, 5.41) is -0.533. The van der Waals surface area contributed by atoms with Gasteiger partial charge in [-0.1, -0.05) is 30.3 Å². The van der Waals surface area contributed by atoms with Crippen molar-refractivity contribution in [2.75, 3.05) is 20.2 Å². The number of hydrogen-bond donors (Lipinski definition) is 0. The van der Waals surface area contributed by atoms with Crippen molar-refractivity contribution in [3.05, 3.63) is 60.2 Å². The zero-order valence-corrected chi connectivity index (χ0v) is 14.9. The third kappa shape index (κ3) is 3.85. The standard InChI is InChI=1S/C19H21NO4S/c1-24-16-9-7-15(8-10-16)13-19(21)20-12-11-18(14-20)25(22,23)17-5-3-2-4-6-17/h2-10,18H,11-14H2,1H3. The first-order chi connectivity index (χ1) is 12.0. The minimum Gasteiger partial charge on any atom is -0.497 e. The Morgan fingerprint density at radius 3 is 2.44 bits per heavy atom. The predicted octanol–water partition coefficient (Wildman–Crippen LogP) is 2.31. The van der Waals surface area contributed by atoms with Gasteiger partial charge < -0.3 is 9.64 Å². The van der Waals surface area contributed by atoms with Gasteiger partial charge in [0, 0.05) is 13.1 Å². The van der Waals surface area contributed by atoms with Gasteiger partial charge in [-0.2, -0.15) is 0 Å². The van der Waals surface area contributed by atoms with Crippen LogP contribution in [0, 0.1) is 0 Å². The summed E-state index contributed by atoms with van der Waals surface area (Å²) in [5.74, 6) is 0.697. The molecular formula is C19H21NO4S. The van der Waals surface area contributed by atoms with Gasteiger partial charge in [0.2, 0.25) is 5.91 Å². The highest BCUT2D eigenvalue weighted by Crippen LogP contribution is 2.24. The van der Waals surface area contributed by atoms with Crippen LogP contribution in [0.15, 0.2) is 59.5 Å². The molecule has 25 heavy (non-hydrogen) atoms. The van der Waals surface area contributed by atoms with E-state index in [2.05, 4.69) is 0 Å². The van der Waals surface area contributed by atoms with Gasteiger partial charge in [-0.25, -0.2) is 8.42 Å². The van der Waals surface area contributed by atoms with Gasteiger partial charge in [0.25, 0.3) is 0 Å². The van der Waals surface area contributed by atoms with Crippen LogP contribution in [0.25, 0.3) is 0 Å². The Kier molecular flexibility index (Phi) is 5.08. The number of amides is 1. The molecule has 1 aliphatic heterocycles. The van der Waals surface area contributed by atoms with E-state index in [0.717, 1.165) is 11.3 Å². The Bertz CT molecular complexity index is 831. The van der Waals surface area contributed by atoms with Crippen molar-refractivity contribution in [1.29, 1.82) is 0 Å². The lowest BCUT2D eigenvalue weighted by molar-refractivity contribution is -0.129. The zero-order valence-electron chi connectivity index (χ0n) is 14.1. The van der Waals surface area contributed by atoms with Crippen LogP contribution in [0.2, 0.25) is 0 Å². The normalized spacial score (nSPS) is 17.5. The van der Waals surface area contributed by atoms with Gasteiger partial charge in [-0.15, -0.1) is 0 Å². The highest BCUT2D eigenvalue weighted by atomic mass is 32.2. The minimum atomic E-state index is -3.40. The molecule has 1 unspecified atom stereocenters. The lowest BCUT2D eigenvalue weighted by atomic mass is 10.1. The smallest absolute Gasteiger partial charge is 0.227 e. The largest absolute Gasteiger partial charge is 0.497 e. The van der Waals surface area contributed by atoms with Crippen molar-refractivity contribution < 1.29 is 17.9 Å². The zero-order chi connectivity index (χ0) is 17.9. The summed E-state index contributed by atoms with van der Waals surface area (Å²) in [6.07, 6.45) is 0.744. The van der Waals surface area contributed by atoms with Crippen molar-refractivity contribution in [1.82, 2.24) is 4.90 Å². The fraction of sp³-hybridized carbons (Fsp3) is 0.316. The molecular weight excluding hydrogens is 338 g/mol. The third-order valence-corrected chi connectivity index (χ3v) is 6.71. The van der Waals surface area contributed by atoms with E-state index in [1.54, 1.807) is 42.3 Å². The molecule has 1 amide bonds. The monoisotopic (exact) mass is 359 g/mol. The van der Waals surface area contributed by atoms with E-state index < -0.39 is 15.1 Å². The van der Waals surface area contributed by atoms with Gasteiger partial charge in [-0.3, -0.25) is 4.79 Å². The second-order valence-corrected chi connectivity index (χ2v) is 8.36. The van der Waals surface area contributed by atoms with E-state index in [1.807, 2.05) is 24.3 Å². The van der Waals surface area contributed by atoms with Crippen LogP contribution in [0.5, 0.6) is 5.75 Å². The summed E-state index contributed by atoms with van der Waals surface area (Å²) < 4.78 is 30.5. The third-order valence-electron chi connectivity index (χ3n) is 4.52. The van der Waals surface area contributed by atoms with Crippen molar-refractivity contribution >= 4 is 15.7 Å². The number of nitrogens with zero attached hydrogens (tertiary/aromatic N) is 1. The molecule has 2 aromatic rings. The molecule has 1 aliphatic rings. The molecule has 1 atom stereocenters. The van der Waals surface area contributed by atoms with Crippen LogP contribution in [0.1, 0.15) is 12.0 Å². The Morgan fingerprint density at radius 2 is 1.80 bits per heavy atom. The second-order valence-electron chi connectivity index (χ2n) is 6.13. The summed E-state index contributed by atoms with van der Waals surface area (Å²) in [4.78, 5) is 14.4. The fourth-order valence-corrected chi connectivity index (χ4v) is 4.75. The van der Waals surface area contributed by atoms with E-state index in [4.69, 9.17) is 4.74 Å². The molecule has 0 saturated carbocycles. The van der Waals surface area contributed by atoms with Gasteiger partial charge in [0.1, 0.15) is 5.75 Å². The van der Waals surface area contributed by atoms with Gasteiger partial charge in [0.05, 0.1) is 23.7 Å². The van der Waals surface area contributed by atoms with Crippen molar-refractivity contribution in [3.8, 4) is 5.75 Å². The molecule has 0 aromatic heterocycles. The van der Waals surface area contributed by atoms with E-state index >= 15 is 0 Å². The van der Waals surface area contributed by atoms with E-state index in [9.17, 15) is 13.2 Å². The van der Waals surface area contributed by atoms with Crippen LogP contribution >= 0.6 is 0 Å². The summed E-state index contributed by atoms with van der Waals surface area (Å²) in [5.41, 5.74) is 0.889. The average molecular weight is 359 g/mol. The Hall–Kier alpha value is -2.34. The number of ether oxygens (including phenoxy) is 1. The quantitative estimate of drug-likeness (QED) is 0.822. The average Bonchev–Trinajstić information content (AvgIpc) is 3.14. The maximum Gasteiger partial charge on any atom is 0.227 e. The summed E-state index contributed by atoms with van der Waals surface area (Å²) in [7, 11) is -1.80. The summed E-state index contributed by atoms with van der Waals surface area (Å²) in [6, 6.07) is 15.8. The number of benzene rings is 2. The molecule has 0 N–H and O–H groups in total. The first-order valence-electron chi connectivity index (χ1n) is 8.20. The predicted molar refractivity (Wildman–Crippen MR) is 95.3 cm³/mol. The highest BCUT2D eigenvalue weighted by molar-refractivity contribution is 7.92. The number of hydrogen-bond acceptors (Lipinski definition) is 4. The minimum absolute atomic E-state index is 0.0454. The van der Waals surface area contributed by atoms with Gasteiger partial charge >= 0.3 is 0 Å². The van der Waals surface area contributed by atoms with Crippen molar-refractivity contribution in [2.24, 2.45) is 0 Å².